The van der Waals surface area contributed by atoms with Crippen LogP contribution in [-0.2, 0) is 4.57 Å². The minimum absolute atomic E-state index is 0. The van der Waals surface area contributed by atoms with Crippen molar-refractivity contribution in [2.75, 3.05) is 0 Å². The molecule has 0 aromatic rings. The molecule has 1 unspecified atom stereocenters. The van der Waals surface area contributed by atoms with E-state index < -0.39 is 8.03 Å². The second-order valence-electron chi connectivity index (χ2n) is 1.49. The van der Waals surface area contributed by atoms with Crippen molar-refractivity contribution in [2.24, 2.45) is 0 Å². The second-order valence-corrected chi connectivity index (χ2v) is 3.32. The van der Waals surface area contributed by atoms with E-state index in [1.807, 2.05) is 0 Å². The Balaban J connectivity index is 0. The molecule has 0 aromatic heterocycles. The van der Waals surface area contributed by atoms with Gasteiger partial charge in [-0.1, -0.05) is 13.8 Å². The zero-order chi connectivity index (χ0) is 5.15. The second kappa shape index (κ2) is 5.89. The zero-order valence-corrected chi connectivity index (χ0v) is 4.93. The number of rotatable bonds is 1. The molecule has 0 amide bonds. The molecule has 2 nitrogen and oxygen atoms in total. The van der Waals surface area contributed by atoms with Crippen molar-refractivity contribution >= 4 is 56.9 Å². The summed E-state index contributed by atoms with van der Waals surface area (Å²) >= 11 is 0. The summed E-state index contributed by atoms with van der Waals surface area (Å²) in [5.41, 5.74) is -0.0463. The van der Waals surface area contributed by atoms with Gasteiger partial charge >= 0.3 is 48.9 Å². The Hall–Kier alpha value is 1.76. The van der Waals surface area contributed by atoms with Gasteiger partial charge < -0.3 is 4.89 Å². The fourth-order valence-electron chi connectivity index (χ4n) is 0. The van der Waals surface area contributed by atoms with Gasteiger partial charge in [-0.3, -0.25) is 4.57 Å². The van der Waals surface area contributed by atoms with E-state index in [0.29, 0.717) is 0 Å². The maximum absolute atomic E-state index is 9.88. The molecule has 0 rings (SSSR count). The first-order valence-electron chi connectivity index (χ1n) is 1.87. The van der Waals surface area contributed by atoms with Crippen molar-refractivity contribution in [3.63, 3.8) is 0 Å². The molecule has 0 aliphatic carbocycles. The average molecular weight is 247 g/mol. The average Bonchev–Trinajstić information content (AvgIpc) is 1.36. The van der Waals surface area contributed by atoms with Crippen LogP contribution >= 0.6 is 8.03 Å². The molecule has 4 heteroatoms. The molecule has 0 aliphatic heterocycles. The molecule has 1 atom stereocenters. The molecule has 1 N–H and O–H groups in total. The van der Waals surface area contributed by atoms with Gasteiger partial charge in [-0.15, -0.1) is 0 Å². The van der Waals surface area contributed by atoms with Crippen molar-refractivity contribution in [3.8, 4) is 0 Å². The quantitative estimate of drug-likeness (QED) is 0.521. The van der Waals surface area contributed by atoms with Gasteiger partial charge in [-0.2, -0.15) is 0 Å². The van der Waals surface area contributed by atoms with Crippen molar-refractivity contribution in [3.05, 3.63) is 0 Å². The summed E-state index contributed by atoms with van der Waals surface area (Å²) < 4.78 is 9.88. The van der Waals surface area contributed by atoms with Crippen molar-refractivity contribution in [2.45, 2.75) is 19.5 Å². The molecule has 0 saturated heterocycles. The molecular formula is C3H11BaO2P. The molecule has 0 heterocycles. The first-order chi connectivity index (χ1) is 2.64. The van der Waals surface area contributed by atoms with E-state index in [-0.39, 0.29) is 54.5 Å². The predicted octanol–water partition coefficient (Wildman–Crippen LogP) is -0.0544. The summed E-state index contributed by atoms with van der Waals surface area (Å²) in [5.74, 6) is 0. The Morgan fingerprint density at radius 1 is 1.57 bits per heavy atom. The van der Waals surface area contributed by atoms with Crippen LogP contribution in [0.2, 0.25) is 0 Å². The van der Waals surface area contributed by atoms with Gasteiger partial charge in [-0.25, -0.2) is 0 Å². The van der Waals surface area contributed by atoms with Gasteiger partial charge in [0, 0.05) is 5.66 Å². The first kappa shape index (κ1) is 11.5. The van der Waals surface area contributed by atoms with E-state index in [0.717, 1.165) is 0 Å². The third-order valence-electron chi connectivity index (χ3n) is 0.494. The minimum atomic E-state index is -2.20. The number of hydrogen-bond acceptors (Lipinski definition) is 1. The van der Waals surface area contributed by atoms with E-state index in [1.54, 1.807) is 13.8 Å². The third kappa shape index (κ3) is 7.76. The van der Waals surface area contributed by atoms with Crippen LogP contribution in [-0.4, -0.2) is 59.4 Å². The van der Waals surface area contributed by atoms with Crippen LogP contribution in [0.1, 0.15) is 13.8 Å². The van der Waals surface area contributed by atoms with Gasteiger partial charge in [0.05, 0.1) is 0 Å². The third-order valence-corrected chi connectivity index (χ3v) is 1.48. The van der Waals surface area contributed by atoms with Crippen LogP contribution < -0.4 is 0 Å². The molecule has 0 aromatic carbocycles. The Kier molecular flexibility index (Phi) is 9.71. The Morgan fingerprint density at radius 3 is 1.71 bits per heavy atom. The molecule has 0 saturated carbocycles. The van der Waals surface area contributed by atoms with Gasteiger partial charge in [0.25, 0.3) is 0 Å². The predicted molar refractivity (Wildman–Crippen MR) is 34.9 cm³/mol. The van der Waals surface area contributed by atoms with E-state index in [9.17, 15) is 4.57 Å². The van der Waals surface area contributed by atoms with Crippen LogP contribution in [0.4, 0.5) is 0 Å². The summed E-state index contributed by atoms with van der Waals surface area (Å²) in [6.07, 6.45) is 0. The SMILES string of the molecule is CC(C)[PH](=O)O.[BaH2]. The first-order valence-corrected chi connectivity index (χ1v) is 3.30. The topological polar surface area (TPSA) is 37.3 Å². The number of hydrogen-bond donors (Lipinski definition) is 1. The van der Waals surface area contributed by atoms with Crippen LogP contribution in [0.5, 0.6) is 0 Å². The molecule has 0 radical (unpaired) electrons. The monoisotopic (exact) mass is 248 g/mol. The van der Waals surface area contributed by atoms with Crippen molar-refractivity contribution in [1.29, 1.82) is 0 Å². The van der Waals surface area contributed by atoms with Gasteiger partial charge in [0.2, 0.25) is 0 Å². The van der Waals surface area contributed by atoms with Crippen LogP contribution in [0.15, 0.2) is 0 Å². The van der Waals surface area contributed by atoms with Crippen LogP contribution in [0.3, 0.4) is 0 Å². The molecule has 0 fully saturated rings. The summed E-state index contributed by atoms with van der Waals surface area (Å²) in [6.45, 7) is 3.45. The zero-order valence-electron chi connectivity index (χ0n) is 3.93. The summed E-state index contributed by atoms with van der Waals surface area (Å²) in [4.78, 5) is 8.18. The summed E-state index contributed by atoms with van der Waals surface area (Å²) in [7, 11) is -2.20. The van der Waals surface area contributed by atoms with Gasteiger partial charge in [0.15, 0.2) is 8.03 Å². The van der Waals surface area contributed by atoms with E-state index in [4.69, 9.17) is 4.89 Å². The van der Waals surface area contributed by atoms with Crippen molar-refractivity contribution in [1.82, 2.24) is 0 Å². The fraction of sp³-hybridized carbons (Fsp3) is 1.00. The van der Waals surface area contributed by atoms with Crippen LogP contribution in [0, 0.1) is 0 Å². The molecule has 0 spiro atoms. The Morgan fingerprint density at radius 2 is 1.71 bits per heavy atom. The van der Waals surface area contributed by atoms with Gasteiger partial charge in [0.1, 0.15) is 0 Å². The summed E-state index contributed by atoms with van der Waals surface area (Å²) in [6, 6.07) is 0. The maximum atomic E-state index is 9.88. The van der Waals surface area contributed by atoms with E-state index in [1.165, 1.54) is 0 Å². The molecular weight excluding hydrogens is 236 g/mol. The Bertz CT molecular complexity index is 64.0. The standard InChI is InChI=1S/C3H9O2P.Ba.2H/c1-3(2)6(4)5;;;/h3,6H,1-2H3,(H,4,5);;;. The molecule has 7 heavy (non-hydrogen) atoms. The van der Waals surface area contributed by atoms with Crippen molar-refractivity contribution < 1.29 is 9.46 Å². The Labute approximate surface area is 84.6 Å². The fourth-order valence-corrected chi connectivity index (χ4v) is 0. The van der Waals surface area contributed by atoms with Crippen LogP contribution in [0.25, 0.3) is 0 Å². The van der Waals surface area contributed by atoms with Gasteiger partial charge in [-0.05, 0) is 0 Å². The van der Waals surface area contributed by atoms with E-state index >= 15 is 0 Å². The molecule has 42 valence electrons. The molecule has 0 aliphatic rings. The summed E-state index contributed by atoms with van der Waals surface area (Å²) in [5, 5.41) is 0. The normalized spacial score (nSPS) is 13.1. The van der Waals surface area contributed by atoms with E-state index in [2.05, 4.69) is 0 Å². The molecule has 0 bridgehead atoms.